The third-order valence-corrected chi connectivity index (χ3v) is 6.12. The van der Waals surface area contributed by atoms with Crippen molar-refractivity contribution in [3.8, 4) is 11.4 Å². The summed E-state index contributed by atoms with van der Waals surface area (Å²) in [5.74, 6) is 0.594. The number of aryl methyl sites for hydroxylation is 1. The van der Waals surface area contributed by atoms with Crippen LogP contribution in [-0.4, -0.2) is 29.9 Å². The molecule has 0 amide bonds. The van der Waals surface area contributed by atoms with Crippen molar-refractivity contribution in [2.45, 2.75) is 19.2 Å². The van der Waals surface area contributed by atoms with Gasteiger partial charge in [-0.2, -0.15) is 9.29 Å². The molecule has 0 saturated carbocycles. The first kappa shape index (κ1) is 18.8. The molecule has 0 spiro atoms. The Hall–Kier alpha value is -2.03. The molecule has 8 heteroatoms. The second kappa shape index (κ2) is 7.69. The smallest absolute Gasteiger partial charge is 0.242 e. The zero-order valence-electron chi connectivity index (χ0n) is 14.4. The summed E-state index contributed by atoms with van der Waals surface area (Å²) in [5.41, 5.74) is 2.62. The first-order valence-corrected chi connectivity index (χ1v) is 10.3. The molecule has 3 rings (SSSR count). The van der Waals surface area contributed by atoms with Gasteiger partial charge in [0.15, 0.2) is 0 Å². The average molecular weight is 436 g/mol. The first-order chi connectivity index (χ1) is 12.3. The van der Waals surface area contributed by atoms with Crippen LogP contribution in [0.5, 0.6) is 0 Å². The van der Waals surface area contributed by atoms with E-state index in [-0.39, 0.29) is 18.2 Å². The van der Waals surface area contributed by atoms with Crippen LogP contribution in [0.4, 0.5) is 0 Å². The largest absolute Gasteiger partial charge is 0.338 e. The van der Waals surface area contributed by atoms with E-state index in [0.717, 1.165) is 21.2 Å². The second-order valence-electron chi connectivity index (χ2n) is 6.02. The number of sulfonamides is 1. The fourth-order valence-electron chi connectivity index (χ4n) is 2.36. The van der Waals surface area contributed by atoms with Crippen molar-refractivity contribution in [1.82, 2.24) is 14.4 Å². The zero-order valence-corrected chi connectivity index (χ0v) is 16.8. The molecule has 0 radical (unpaired) electrons. The standard InChI is InChI=1S/C18H18BrN3O3S/c1-13-6-8-14(9-7-13)12-26(23,24)22(2)11-17-20-18(21-25-17)15-4-3-5-16(19)10-15/h3-10H,11-12H2,1-2H3. The highest BCUT2D eigenvalue weighted by Gasteiger charge is 2.21. The molecular formula is C18H18BrN3O3S. The van der Waals surface area contributed by atoms with Gasteiger partial charge in [-0.25, -0.2) is 8.42 Å². The van der Waals surface area contributed by atoms with Crippen molar-refractivity contribution in [3.63, 3.8) is 0 Å². The number of nitrogens with zero attached hydrogens (tertiary/aromatic N) is 3. The van der Waals surface area contributed by atoms with Crippen LogP contribution in [0.2, 0.25) is 0 Å². The lowest BCUT2D eigenvalue weighted by molar-refractivity contribution is 0.336. The molecule has 6 nitrogen and oxygen atoms in total. The Labute approximate surface area is 161 Å². The Bertz CT molecular complexity index is 1000. The predicted octanol–water partition coefficient (Wildman–Crippen LogP) is 3.77. The van der Waals surface area contributed by atoms with E-state index in [0.29, 0.717) is 5.82 Å². The van der Waals surface area contributed by atoms with Gasteiger partial charge in [0, 0.05) is 17.1 Å². The minimum Gasteiger partial charge on any atom is -0.338 e. The summed E-state index contributed by atoms with van der Waals surface area (Å²) < 4.78 is 32.4. The lowest BCUT2D eigenvalue weighted by Gasteiger charge is -2.15. The predicted molar refractivity (Wildman–Crippen MR) is 103 cm³/mol. The fourth-order valence-corrected chi connectivity index (χ4v) is 3.90. The van der Waals surface area contributed by atoms with E-state index in [1.165, 1.54) is 11.4 Å². The van der Waals surface area contributed by atoms with Gasteiger partial charge in [0.25, 0.3) is 0 Å². The molecule has 1 heterocycles. The van der Waals surface area contributed by atoms with Crippen molar-refractivity contribution in [3.05, 3.63) is 70.0 Å². The number of hydrogen-bond donors (Lipinski definition) is 0. The maximum Gasteiger partial charge on any atom is 0.242 e. The third-order valence-electron chi connectivity index (χ3n) is 3.85. The van der Waals surface area contributed by atoms with Crippen LogP contribution in [0.1, 0.15) is 17.0 Å². The van der Waals surface area contributed by atoms with Gasteiger partial charge in [0.05, 0.1) is 12.3 Å². The Morgan fingerprint density at radius 3 is 2.58 bits per heavy atom. The SMILES string of the molecule is Cc1ccc(CS(=O)(=O)N(C)Cc2nc(-c3cccc(Br)c3)no2)cc1. The fraction of sp³-hybridized carbons (Fsp3) is 0.222. The summed E-state index contributed by atoms with van der Waals surface area (Å²) >= 11 is 3.39. The van der Waals surface area contributed by atoms with Gasteiger partial charge in [-0.3, -0.25) is 0 Å². The molecule has 26 heavy (non-hydrogen) atoms. The molecule has 3 aromatic rings. The molecule has 0 saturated heterocycles. The topological polar surface area (TPSA) is 76.3 Å². The van der Waals surface area contributed by atoms with Crippen molar-refractivity contribution in [1.29, 1.82) is 0 Å². The summed E-state index contributed by atoms with van der Waals surface area (Å²) in [6.45, 7) is 1.98. The van der Waals surface area contributed by atoms with Crippen LogP contribution < -0.4 is 0 Å². The Balaban J connectivity index is 1.71. The molecule has 0 aliphatic rings. The minimum absolute atomic E-state index is 0.0230. The molecule has 2 aromatic carbocycles. The van der Waals surface area contributed by atoms with Crippen molar-refractivity contribution in [2.75, 3.05) is 7.05 Å². The molecule has 0 fully saturated rings. The van der Waals surface area contributed by atoms with E-state index in [9.17, 15) is 8.42 Å². The van der Waals surface area contributed by atoms with Crippen molar-refractivity contribution >= 4 is 26.0 Å². The average Bonchev–Trinajstić information content (AvgIpc) is 3.05. The molecule has 0 N–H and O–H groups in total. The van der Waals surface area contributed by atoms with Crippen LogP contribution in [0, 0.1) is 6.92 Å². The van der Waals surface area contributed by atoms with Crippen LogP contribution in [0.3, 0.4) is 0 Å². The van der Waals surface area contributed by atoms with Gasteiger partial charge in [0.2, 0.25) is 21.7 Å². The quantitative estimate of drug-likeness (QED) is 0.588. The van der Waals surface area contributed by atoms with Gasteiger partial charge in [-0.1, -0.05) is 63.0 Å². The van der Waals surface area contributed by atoms with E-state index in [1.54, 1.807) is 0 Å². The Kier molecular flexibility index (Phi) is 5.55. The number of hydrogen-bond acceptors (Lipinski definition) is 5. The maximum absolute atomic E-state index is 12.5. The molecular weight excluding hydrogens is 418 g/mol. The number of rotatable bonds is 6. The van der Waals surface area contributed by atoms with Crippen LogP contribution in [0.15, 0.2) is 57.5 Å². The summed E-state index contributed by atoms with van der Waals surface area (Å²) in [6.07, 6.45) is 0. The van der Waals surface area contributed by atoms with Crippen molar-refractivity contribution < 1.29 is 12.9 Å². The van der Waals surface area contributed by atoms with E-state index in [1.807, 2.05) is 55.5 Å². The van der Waals surface area contributed by atoms with Gasteiger partial charge in [-0.05, 0) is 24.6 Å². The lowest BCUT2D eigenvalue weighted by Crippen LogP contribution is -2.27. The molecule has 0 aliphatic carbocycles. The van der Waals surface area contributed by atoms with Crippen LogP contribution in [0.25, 0.3) is 11.4 Å². The molecule has 0 aliphatic heterocycles. The number of aromatic nitrogens is 2. The highest BCUT2D eigenvalue weighted by molar-refractivity contribution is 9.10. The Morgan fingerprint density at radius 2 is 1.88 bits per heavy atom. The molecule has 136 valence electrons. The summed E-state index contributed by atoms with van der Waals surface area (Å²) in [7, 11) is -1.98. The van der Waals surface area contributed by atoms with Crippen LogP contribution >= 0.6 is 15.9 Å². The summed E-state index contributed by atoms with van der Waals surface area (Å²) in [4.78, 5) is 4.29. The minimum atomic E-state index is -3.49. The monoisotopic (exact) mass is 435 g/mol. The van der Waals surface area contributed by atoms with E-state index < -0.39 is 10.0 Å². The van der Waals surface area contributed by atoms with Gasteiger partial charge < -0.3 is 4.52 Å². The number of benzene rings is 2. The van der Waals surface area contributed by atoms with Gasteiger partial charge in [0.1, 0.15) is 0 Å². The summed E-state index contributed by atoms with van der Waals surface area (Å²) in [5, 5.41) is 3.93. The second-order valence-corrected chi connectivity index (χ2v) is 9.01. The van der Waals surface area contributed by atoms with E-state index >= 15 is 0 Å². The molecule has 0 unspecified atom stereocenters. The first-order valence-electron chi connectivity index (χ1n) is 7.91. The molecule has 1 aromatic heterocycles. The summed E-state index contributed by atoms with van der Waals surface area (Å²) in [6, 6.07) is 14.9. The molecule has 0 bridgehead atoms. The normalized spacial score (nSPS) is 11.8. The van der Waals surface area contributed by atoms with Crippen molar-refractivity contribution in [2.24, 2.45) is 0 Å². The highest BCUT2D eigenvalue weighted by Crippen LogP contribution is 2.21. The van der Waals surface area contributed by atoms with Gasteiger partial charge >= 0.3 is 0 Å². The lowest BCUT2D eigenvalue weighted by atomic mass is 10.2. The molecule has 0 atom stereocenters. The maximum atomic E-state index is 12.5. The Morgan fingerprint density at radius 1 is 1.15 bits per heavy atom. The zero-order chi connectivity index (χ0) is 18.7. The highest BCUT2D eigenvalue weighted by atomic mass is 79.9. The number of halogens is 1. The third kappa shape index (κ3) is 4.57. The van der Waals surface area contributed by atoms with Crippen LogP contribution in [-0.2, 0) is 22.3 Å². The van der Waals surface area contributed by atoms with E-state index in [4.69, 9.17) is 4.52 Å². The van der Waals surface area contributed by atoms with Gasteiger partial charge in [-0.15, -0.1) is 0 Å². The van der Waals surface area contributed by atoms with E-state index in [2.05, 4.69) is 26.1 Å².